The molecular weight excluding hydrogens is 251 g/mol. The molecule has 1 rings (SSSR count). The zero-order valence-corrected chi connectivity index (χ0v) is 10.2. The fourth-order valence-electron chi connectivity index (χ4n) is 1.11. The van der Waals surface area contributed by atoms with Gasteiger partial charge in [-0.15, -0.1) is 0 Å². The number of anilines is 1. The van der Waals surface area contributed by atoms with E-state index in [1.54, 1.807) is 0 Å². The van der Waals surface area contributed by atoms with E-state index in [-0.39, 0.29) is 10.7 Å². The lowest BCUT2D eigenvalue weighted by Gasteiger charge is -2.18. The van der Waals surface area contributed by atoms with Crippen LogP contribution >= 0.6 is 12.2 Å². The summed E-state index contributed by atoms with van der Waals surface area (Å²) >= 11 is 4.54. The molecule has 0 heterocycles. The first-order chi connectivity index (χ1) is 7.33. The van der Waals surface area contributed by atoms with Gasteiger partial charge in [0.25, 0.3) is 0 Å². The molecule has 4 nitrogen and oxygen atoms in total. The maximum Gasteiger partial charge on any atom is 0.241 e. The Bertz CT molecular complexity index is 502. The van der Waals surface area contributed by atoms with Gasteiger partial charge in [0, 0.05) is 7.05 Å². The van der Waals surface area contributed by atoms with E-state index in [0.717, 1.165) is 10.4 Å². The third kappa shape index (κ3) is 3.14. The van der Waals surface area contributed by atoms with E-state index < -0.39 is 21.6 Å². The van der Waals surface area contributed by atoms with E-state index in [4.69, 9.17) is 5.73 Å². The highest BCUT2D eigenvalue weighted by Crippen LogP contribution is 2.17. The Hall–Kier alpha value is -1.21. The van der Waals surface area contributed by atoms with Crippen molar-refractivity contribution in [1.29, 1.82) is 0 Å². The molecule has 16 heavy (non-hydrogen) atoms. The van der Waals surface area contributed by atoms with E-state index in [9.17, 15) is 12.8 Å². The van der Waals surface area contributed by atoms with Crippen molar-refractivity contribution < 1.29 is 12.8 Å². The van der Waals surface area contributed by atoms with E-state index in [0.29, 0.717) is 0 Å². The Balaban J connectivity index is 3.02. The SMILES string of the molecule is CN(c1cccc(F)c1)S(=O)(=O)CC(N)=S. The van der Waals surface area contributed by atoms with Crippen LogP contribution in [0.1, 0.15) is 0 Å². The van der Waals surface area contributed by atoms with Gasteiger partial charge in [-0.1, -0.05) is 18.3 Å². The Kier molecular flexibility index (Phi) is 3.82. The molecule has 0 unspecified atom stereocenters. The molecule has 0 aromatic heterocycles. The summed E-state index contributed by atoms with van der Waals surface area (Å²) in [5, 5.41) is 0. The average Bonchev–Trinajstić information content (AvgIpc) is 2.14. The van der Waals surface area contributed by atoms with Crippen molar-refractivity contribution >= 4 is 32.9 Å². The minimum Gasteiger partial charge on any atom is -0.392 e. The maximum atomic E-state index is 12.9. The maximum absolute atomic E-state index is 12.9. The van der Waals surface area contributed by atoms with Crippen LogP contribution in [-0.4, -0.2) is 26.2 Å². The van der Waals surface area contributed by atoms with Gasteiger partial charge >= 0.3 is 0 Å². The van der Waals surface area contributed by atoms with Crippen molar-refractivity contribution in [3.8, 4) is 0 Å². The molecule has 0 aliphatic heterocycles. The number of sulfonamides is 1. The molecule has 88 valence electrons. The highest BCUT2D eigenvalue weighted by Gasteiger charge is 2.19. The van der Waals surface area contributed by atoms with Gasteiger partial charge in [0.05, 0.1) is 10.7 Å². The number of hydrogen-bond acceptors (Lipinski definition) is 3. The van der Waals surface area contributed by atoms with Gasteiger partial charge in [-0.25, -0.2) is 12.8 Å². The average molecular weight is 262 g/mol. The summed E-state index contributed by atoms with van der Waals surface area (Å²) in [6, 6.07) is 5.27. The van der Waals surface area contributed by atoms with Gasteiger partial charge in [-0.05, 0) is 18.2 Å². The highest BCUT2D eigenvalue weighted by molar-refractivity contribution is 7.95. The summed E-state index contributed by atoms with van der Waals surface area (Å²) in [6.45, 7) is 0. The Morgan fingerprint density at radius 1 is 1.56 bits per heavy atom. The molecule has 1 aromatic rings. The van der Waals surface area contributed by atoms with Crippen molar-refractivity contribution in [2.75, 3.05) is 17.1 Å². The smallest absolute Gasteiger partial charge is 0.241 e. The minimum atomic E-state index is -3.63. The second-order valence-electron chi connectivity index (χ2n) is 3.17. The standard InChI is InChI=1S/C9H11FN2O2S2/c1-12(16(13,14)6-9(11)15)8-4-2-3-7(10)5-8/h2-5H,6H2,1H3,(H2,11,15). The minimum absolute atomic E-state index is 0.122. The van der Waals surface area contributed by atoms with Gasteiger partial charge in [0.1, 0.15) is 11.6 Å². The molecule has 0 spiro atoms. The van der Waals surface area contributed by atoms with Crippen molar-refractivity contribution in [3.63, 3.8) is 0 Å². The number of thiocarbonyl (C=S) groups is 1. The van der Waals surface area contributed by atoms with Crippen LogP contribution in [0, 0.1) is 5.82 Å². The molecule has 0 radical (unpaired) electrons. The molecule has 7 heteroatoms. The molecule has 0 saturated carbocycles. The summed E-state index contributed by atoms with van der Waals surface area (Å²) in [4.78, 5) is -0.122. The van der Waals surface area contributed by atoms with Crippen LogP contribution in [0.25, 0.3) is 0 Å². The Morgan fingerprint density at radius 2 is 2.19 bits per heavy atom. The summed E-state index contributed by atoms with van der Waals surface area (Å²) in [6.07, 6.45) is 0. The van der Waals surface area contributed by atoms with Gasteiger partial charge < -0.3 is 5.73 Å². The monoisotopic (exact) mass is 262 g/mol. The van der Waals surface area contributed by atoms with Crippen LogP contribution in [0.4, 0.5) is 10.1 Å². The van der Waals surface area contributed by atoms with Gasteiger partial charge in [0.2, 0.25) is 10.0 Å². The Labute approximate surface area is 98.9 Å². The van der Waals surface area contributed by atoms with Crippen LogP contribution in [-0.2, 0) is 10.0 Å². The van der Waals surface area contributed by atoms with Crippen molar-refractivity contribution in [2.45, 2.75) is 0 Å². The zero-order valence-electron chi connectivity index (χ0n) is 8.55. The van der Waals surface area contributed by atoms with Gasteiger partial charge in [-0.2, -0.15) is 0 Å². The number of nitrogens with two attached hydrogens (primary N) is 1. The molecule has 1 aromatic carbocycles. The zero-order chi connectivity index (χ0) is 12.3. The van der Waals surface area contributed by atoms with E-state index in [1.165, 1.54) is 25.2 Å². The topological polar surface area (TPSA) is 63.4 Å². The lowest BCUT2D eigenvalue weighted by molar-refractivity contribution is 0.598. The third-order valence-corrected chi connectivity index (χ3v) is 3.96. The predicted octanol–water partition coefficient (Wildman–Crippen LogP) is 0.878. The van der Waals surface area contributed by atoms with Gasteiger partial charge in [-0.3, -0.25) is 4.31 Å². The van der Waals surface area contributed by atoms with Crippen LogP contribution in [0.5, 0.6) is 0 Å². The van der Waals surface area contributed by atoms with E-state index in [1.807, 2.05) is 0 Å². The van der Waals surface area contributed by atoms with E-state index >= 15 is 0 Å². The van der Waals surface area contributed by atoms with Gasteiger partial charge in [0.15, 0.2) is 0 Å². The predicted molar refractivity (Wildman–Crippen MR) is 65.4 cm³/mol. The molecule has 0 aliphatic carbocycles. The number of hydrogen-bond donors (Lipinski definition) is 1. The lowest BCUT2D eigenvalue weighted by Crippen LogP contribution is -2.34. The van der Waals surface area contributed by atoms with E-state index in [2.05, 4.69) is 12.2 Å². The summed E-state index contributed by atoms with van der Waals surface area (Å²) in [5.74, 6) is -0.940. The third-order valence-electron chi connectivity index (χ3n) is 1.91. The van der Waals surface area contributed by atoms with Crippen molar-refractivity contribution in [2.24, 2.45) is 5.73 Å². The normalized spacial score (nSPS) is 11.1. The fraction of sp³-hybridized carbons (Fsp3) is 0.222. The Morgan fingerprint density at radius 3 is 2.69 bits per heavy atom. The molecular formula is C9H11FN2O2S2. The second-order valence-corrected chi connectivity index (χ2v) is 5.69. The van der Waals surface area contributed by atoms with Crippen LogP contribution < -0.4 is 10.0 Å². The fourth-order valence-corrected chi connectivity index (χ4v) is 2.54. The van der Waals surface area contributed by atoms with Crippen LogP contribution in [0.15, 0.2) is 24.3 Å². The number of rotatable bonds is 4. The number of halogens is 1. The molecule has 0 atom stereocenters. The first-order valence-corrected chi connectivity index (χ1v) is 6.35. The number of nitrogens with zero attached hydrogens (tertiary/aromatic N) is 1. The molecule has 0 fully saturated rings. The lowest BCUT2D eigenvalue weighted by atomic mass is 10.3. The largest absolute Gasteiger partial charge is 0.392 e. The summed E-state index contributed by atoms with van der Waals surface area (Å²) in [7, 11) is -2.31. The second kappa shape index (κ2) is 4.75. The molecule has 0 aliphatic rings. The highest BCUT2D eigenvalue weighted by atomic mass is 32.2. The quantitative estimate of drug-likeness (QED) is 0.818. The molecule has 0 saturated heterocycles. The molecule has 2 N–H and O–H groups in total. The number of benzene rings is 1. The first-order valence-electron chi connectivity index (χ1n) is 4.33. The van der Waals surface area contributed by atoms with Crippen molar-refractivity contribution in [3.05, 3.63) is 30.1 Å². The summed E-state index contributed by atoms with van der Waals surface area (Å²) in [5.41, 5.74) is 5.41. The first kappa shape index (κ1) is 12.9. The van der Waals surface area contributed by atoms with Crippen molar-refractivity contribution in [1.82, 2.24) is 0 Å². The van der Waals surface area contributed by atoms with Crippen LogP contribution in [0.2, 0.25) is 0 Å². The molecule has 0 bridgehead atoms. The molecule has 0 amide bonds. The summed E-state index contributed by atoms with van der Waals surface area (Å²) < 4.78 is 37.2. The van der Waals surface area contributed by atoms with Crippen LogP contribution in [0.3, 0.4) is 0 Å².